The fourth-order valence-electron chi connectivity index (χ4n) is 5.68. The van der Waals surface area contributed by atoms with Crippen LogP contribution in [0.15, 0.2) is 24.3 Å². The summed E-state index contributed by atoms with van der Waals surface area (Å²) < 4.78 is 32.7. The van der Waals surface area contributed by atoms with Crippen LogP contribution >= 0.6 is 7.82 Å². The molecule has 0 aliphatic rings. The summed E-state index contributed by atoms with van der Waals surface area (Å²) in [6.07, 6.45) is 39.2. The number of rotatable bonds is 39. The minimum atomic E-state index is -4.37. The van der Waals surface area contributed by atoms with Gasteiger partial charge in [0.05, 0.1) is 13.2 Å². The quantitative estimate of drug-likeness (QED) is 0.0273. The largest absolute Gasteiger partial charge is 0.472 e. The lowest BCUT2D eigenvalue weighted by Gasteiger charge is -2.19. The number of allylic oxidation sites excluding steroid dienone is 4. The Morgan fingerprint density at radius 3 is 1.41 bits per heavy atom. The lowest BCUT2D eigenvalue weighted by molar-refractivity contribution is -0.161. The molecule has 0 fully saturated rings. The van der Waals surface area contributed by atoms with Gasteiger partial charge in [0.1, 0.15) is 6.61 Å². The van der Waals surface area contributed by atoms with E-state index in [1.807, 2.05) is 0 Å². The van der Waals surface area contributed by atoms with Crippen molar-refractivity contribution in [3.05, 3.63) is 24.3 Å². The van der Waals surface area contributed by atoms with Gasteiger partial charge in [-0.25, -0.2) is 4.57 Å². The van der Waals surface area contributed by atoms with Gasteiger partial charge in [0.2, 0.25) is 0 Å². The highest BCUT2D eigenvalue weighted by Gasteiger charge is 2.26. The Kier molecular flexibility index (Phi) is 37.1. The third-order valence-corrected chi connectivity index (χ3v) is 9.79. The Labute approximate surface area is 312 Å². The minimum absolute atomic E-state index is 0.0523. The van der Waals surface area contributed by atoms with Crippen LogP contribution in [0, 0.1) is 0 Å². The maximum atomic E-state index is 12.5. The summed E-state index contributed by atoms with van der Waals surface area (Å²) in [7, 11) is -4.37. The predicted octanol–water partition coefficient (Wildman–Crippen LogP) is 11.6. The van der Waals surface area contributed by atoms with Crippen molar-refractivity contribution >= 4 is 19.8 Å². The molecule has 1 unspecified atom stereocenters. The molecule has 0 radical (unpaired) electrons. The molecule has 0 spiro atoms. The standard InChI is InChI=1S/C41H78NO8P/c1-3-5-7-9-11-13-15-17-18-19-20-22-23-25-27-29-31-33-40(43)47-37-39(38-49-51(45,46)48-36-35-42)50-41(44)34-32-30-28-26-24-21-16-14-12-10-8-6-4-2/h14,16-18,39H,3-13,15,19-38,42H2,1-2H3,(H,45,46)/b16-14+,18-17+/t39-/m1/s1. The van der Waals surface area contributed by atoms with Crippen molar-refractivity contribution in [1.82, 2.24) is 0 Å². The van der Waals surface area contributed by atoms with Crippen molar-refractivity contribution in [2.24, 2.45) is 5.73 Å². The molecule has 0 aliphatic heterocycles. The molecule has 51 heavy (non-hydrogen) atoms. The van der Waals surface area contributed by atoms with Crippen LogP contribution in [0.3, 0.4) is 0 Å². The molecule has 300 valence electrons. The van der Waals surface area contributed by atoms with E-state index >= 15 is 0 Å². The van der Waals surface area contributed by atoms with Gasteiger partial charge in [0, 0.05) is 19.4 Å². The summed E-state index contributed by atoms with van der Waals surface area (Å²) in [4.78, 5) is 34.8. The molecule has 0 aromatic carbocycles. The molecular weight excluding hydrogens is 665 g/mol. The second-order valence-electron chi connectivity index (χ2n) is 13.8. The van der Waals surface area contributed by atoms with Crippen molar-refractivity contribution in [2.45, 2.75) is 200 Å². The summed E-state index contributed by atoms with van der Waals surface area (Å²) in [6, 6.07) is 0. The Balaban J connectivity index is 4.17. The number of ether oxygens (including phenoxy) is 2. The number of carbonyl (C=O) groups is 2. The van der Waals surface area contributed by atoms with Crippen molar-refractivity contribution < 1.29 is 37.6 Å². The Morgan fingerprint density at radius 2 is 0.961 bits per heavy atom. The maximum Gasteiger partial charge on any atom is 0.472 e. The van der Waals surface area contributed by atoms with Crippen molar-refractivity contribution in [1.29, 1.82) is 0 Å². The zero-order valence-corrected chi connectivity index (χ0v) is 33.7. The number of phosphoric acid groups is 1. The number of phosphoric ester groups is 1. The average Bonchev–Trinajstić information content (AvgIpc) is 3.11. The number of unbranched alkanes of at least 4 members (excludes halogenated alkanes) is 22. The highest BCUT2D eigenvalue weighted by molar-refractivity contribution is 7.47. The molecule has 0 rings (SSSR count). The molecule has 0 saturated heterocycles. The Morgan fingerprint density at radius 1 is 0.569 bits per heavy atom. The second kappa shape index (κ2) is 38.2. The molecule has 0 bridgehead atoms. The molecule has 0 saturated carbocycles. The van der Waals surface area contributed by atoms with E-state index in [9.17, 15) is 19.0 Å². The lowest BCUT2D eigenvalue weighted by Crippen LogP contribution is -2.29. The summed E-state index contributed by atoms with van der Waals surface area (Å²) in [5.41, 5.74) is 5.34. The van der Waals surface area contributed by atoms with E-state index < -0.39 is 26.5 Å². The highest BCUT2D eigenvalue weighted by atomic mass is 31.2. The monoisotopic (exact) mass is 744 g/mol. The van der Waals surface area contributed by atoms with E-state index in [2.05, 4.69) is 38.2 Å². The topological polar surface area (TPSA) is 134 Å². The van der Waals surface area contributed by atoms with Gasteiger partial charge in [0.25, 0.3) is 0 Å². The molecule has 10 heteroatoms. The van der Waals surface area contributed by atoms with E-state index in [0.29, 0.717) is 6.42 Å². The zero-order valence-electron chi connectivity index (χ0n) is 32.8. The average molecular weight is 744 g/mol. The molecular formula is C41H78NO8P. The van der Waals surface area contributed by atoms with Gasteiger partial charge in [-0.15, -0.1) is 0 Å². The van der Waals surface area contributed by atoms with Crippen molar-refractivity contribution in [2.75, 3.05) is 26.4 Å². The first-order valence-electron chi connectivity index (χ1n) is 20.8. The van der Waals surface area contributed by atoms with E-state index in [0.717, 1.165) is 64.2 Å². The predicted molar refractivity (Wildman–Crippen MR) is 211 cm³/mol. The SMILES string of the molecule is CCCCCC/C=C/CCCCCCCC(=O)O[C@H](COC(=O)CCCCCCCCC/C=C/CCCCCCCC)COP(=O)(O)OCCN. The zero-order chi connectivity index (χ0) is 37.5. The molecule has 0 aliphatic carbocycles. The van der Waals surface area contributed by atoms with Gasteiger partial charge >= 0.3 is 19.8 Å². The highest BCUT2D eigenvalue weighted by Crippen LogP contribution is 2.43. The normalized spacial score (nSPS) is 13.6. The maximum absolute atomic E-state index is 12.5. The summed E-state index contributed by atoms with van der Waals surface area (Å²) >= 11 is 0. The van der Waals surface area contributed by atoms with Gasteiger partial charge in [0.15, 0.2) is 6.10 Å². The Bertz CT molecular complexity index is 897. The molecule has 0 aromatic rings. The van der Waals surface area contributed by atoms with Gasteiger partial charge in [-0.2, -0.15) is 0 Å². The number of hydrogen-bond donors (Lipinski definition) is 2. The van der Waals surface area contributed by atoms with Crippen LogP contribution in [0.2, 0.25) is 0 Å². The summed E-state index contributed by atoms with van der Waals surface area (Å²) in [6.45, 7) is 3.70. The minimum Gasteiger partial charge on any atom is -0.462 e. The van der Waals surface area contributed by atoms with E-state index in [-0.39, 0.29) is 38.6 Å². The molecule has 0 heterocycles. The van der Waals surface area contributed by atoms with Crippen LogP contribution in [-0.4, -0.2) is 49.3 Å². The number of hydrogen-bond acceptors (Lipinski definition) is 8. The first-order valence-corrected chi connectivity index (χ1v) is 22.3. The van der Waals surface area contributed by atoms with Crippen LogP contribution in [0.25, 0.3) is 0 Å². The number of nitrogens with two attached hydrogens (primary N) is 1. The van der Waals surface area contributed by atoms with Crippen LogP contribution < -0.4 is 5.73 Å². The second-order valence-corrected chi connectivity index (χ2v) is 15.3. The molecule has 3 N–H and O–H groups in total. The molecule has 0 aromatic heterocycles. The van der Waals surface area contributed by atoms with Crippen LogP contribution in [0.5, 0.6) is 0 Å². The fraction of sp³-hybridized carbons (Fsp3) is 0.854. The van der Waals surface area contributed by atoms with Crippen LogP contribution in [0.1, 0.15) is 194 Å². The van der Waals surface area contributed by atoms with Crippen LogP contribution in [-0.2, 0) is 32.7 Å². The fourth-order valence-corrected chi connectivity index (χ4v) is 6.45. The Hall–Kier alpha value is -1.51. The molecule has 0 amide bonds. The van der Waals surface area contributed by atoms with Gasteiger partial charge in [-0.05, 0) is 64.2 Å². The van der Waals surface area contributed by atoms with Crippen molar-refractivity contribution in [3.63, 3.8) is 0 Å². The van der Waals surface area contributed by atoms with E-state index in [4.69, 9.17) is 24.3 Å². The third kappa shape index (κ3) is 38.0. The first-order chi connectivity index (χ1) is 24.8. The van der Waals surface area contributed by atoms with E-state index in [1.54, 1.807) is 0 Å². The van der Waals surface area contributed by atoms with Crippen molar-refractivity contribution in [3.8, 4) is 0 Å². The molecule has 9 nitrogen and oxygen atoms in total. The molecule has 2 atom stereocenters. The third-order valence-electron chi connectivity index (χ3n) is 8.81. The smallest absolute Gasteiger partial charge is 0.462 e. The number of esters is 2. The van der Waals surface area contributed by atoms with Gasteiger partial charge < -0.3 is 20.1 Å². The first kappa shape index (κ1) is 49.5. The summed E-state index contributed by atoms with van der Waals surface area (Å²) in [5, 5.41) is 0. The van der Waals surface area contributed by atoms with Gasteiger partial charge in [-0.3, -0.25) is 18.6 Å². The van der Waals surface area contributed by atoms with Crippen LogP contribution in [0.4, 0.5) is 0 Å². The van der Waals surface area contributed by atoms with Gasteiger partial charge in [-0.1, -0.05) is 141 Å². The van der Waals surface area contributed by atoms with E-state index in [1.165, 1.54) is 96.3 Å². The lowest BCUT2D eigenvalue weighted by atomic mass is 10.1. The number of carbonyl (C=O) groups excluding carboxylic acids is 2. The summed E-state index contributed by atoms with van der Waals surface area (Å²) in [5.74, 6) is -0.841.